The first kappa shape index (κ1) is 13.8. The number of phenolic OH excluding ortho intramolecular Hbond substituents is 1. The van der Waals surface area contributed by atoms with Crippen LogP contribution in [0.25, 0.3) is 0 Å². The summed E-state index contributed by atoms with van der Waals surface area (Å²) in [5, 5.41) is 19.2. The van der Waals surface area contributed by atoms with Crippen molar-refractivity contribution in [3.05, 3.63) is 23.8 Å². The van der Waals surface area contributed by atoms with Crippen molar-refractivity contribution in [3.8, 4) is 5.75 Å². The number of aliphatic hydroxyl groups excluding tert-OH is 1. The number of likely N-dealkylation sites (N-methyl/N-ethyl adjacent to an activating group) is 1. The maximum Gasteiger partial charge on any atom is 0.123 e. The van der Waals surface area contributed by atoms with E-state index in [0.717, 1.165) is 12.2 Å². The molecule has 0 fully saturated rings. The SMILES string of the molecule is CCOCCN(C)c1ccc(C(C)O)c(O)c1. The monoisotopic (exact) mass is 239 g/mol. The van der Waals surface area contributed by atoms with E-state index in [0.29, 0.717) is 18.8 Å². The molecule has 1 aromatic rings. The Balaban J connectivity index is 2.69. The average Bonchev–Trinajstić information content (AvgIpc) is 2.28. The van der Waals surface area contributed by atoms with Crippen molar-refractivity contribution in [1.82, 2.24) is 0 Å². The maximum atomic E-state index is 9.76. The van der Waals surface area contributed by atoms with E-state index in [1.165, 1.54) is 0 Å². The number of aromatic hydroxyl groups is 1. The van der Waals surface area contributed by atoms with Crippen molar-refractivity contribution in [2.45, 2.75) is 20.0 Å². The predicted octanol–water partition coefficient (Wildman–Crippen LogP) is 1.92. The Bertz CT molecular complexity index is 353. The molecule has 0 aliphatic heterocycles. The first-order chi connectivity index (χ1) is 8.06. The van der Waals surface area contributed by atoms with Crippen LogP contribution in [0.3, 0.4) is 0 Å². The van der Waals surface area contributed by atoms with Gasteiger partial charge >= 0.3 is 0 Å². The number of hydrogen-bond donors (Lipinski definition) is 2. The van der Waals surface area contributed by atoms with Crippen LogP contribution in [-0.4, -0.2) is 37.0 Å². The lowest BCUT2D eigenvalue weighted by Gasteiger charge is -2.20. The lowest BCUT2D eigenvalue weighted by atomic mass is 10.1. The van der Waals surface area contributed by atoms with E-state index in [9.17, 15) is 10.2 Å². The summed E-state index contributed by atoms with van der Waals surface area (Å²) in [7, 11) is 1.94. The molecule has 0 bridgehead atoms. The molecule has 1 atom stereocenters. The molecular weight excluding hydrogens is 218 g/mol. The summed E-state index contributed by atoms with van der Waals surface area (Å²) >= 11 is 0. The Morgan fingerprint density at radius 2 is 2.12 bits per heavy atom. The summed E-state index contributed by atoms with van der Waals surface area (Å²) in [5.74, 6) is 0.126. The van der Waals surface area contributed by atoms with Crippen molar-refractivity contribution < 1.29 is 14.9 Å². The summed E-state index contributed by atoms with van der Waals surface area (Å²) in [6, 6.07) is 5.29. The summed E-state index contributed by atoms with van der Waals surface area (Å²) < 4.78 is 5.27. The van der Waals surface area contributed by atoms with Crippen LogP contribution in [0.4, 0.5) is 5.69 Å². The predicted molar refractivity (Wildman–Crippen MR) is 68.5 cm³/mol. The van der Waals surface area contributed by atoms with Crippen LogP contribution in [0.5, 0.6) is 5.75 Å². The third-order valence-electron chi connectivity index (χ3n) is 2.68. The third kappa shape index (κ3) is 3.91. The second-order valence-electron chi connectivity index (χ2n) is 4.04. The highest BCUT2D eigenvalue weighted by molar-refractivity contribution is 5.53. The quantitative estimate of drug-likeness (QED) is 0.745. The number of nitrogens with zero attached hydrogens (tertiary/aromatic N) is 1. The fourth-order valence-corrected chi connectivity index (χ4v) is 1.60. The Hall–Kier alpha value is -1.26. The van der Waals surface area contributed by atoms with Gasteiger partial charge in [0.15, 0.2) is 0 Å². The number of aliphatic hydroxyl groups is 1. The highest BCUT2D eigenvalue weighted by atomic mass is 16.5. The number of benzene rings is 1. The summed E-state index contributed by atoms with van der Waals surface area (Å²) in [5.41, 5.74) is 1.46. The third-order valence-corrected chi connectivity index (χ3v) is 2.68. The molecule has 0 radical (unpaired) electrons. The zero-order chi connectivity index (χ0) is 12.8. The minimum atomic E-state index is -0.655. The van der Waals surface area contributed by atoms with E-state index < -0.39 is 6.10 Å². The molecule has 96 valence electrons. The number of anilines is 1. The zero-order valence-electron chi connectivity index (χ0n) is 10.7. The summed E-state index contributed by atoms with van der Waals surface area (Å²) in [6.07, 6.45) is -0.655. The molecule has 1 aromatic carbocycles. The normalized spacial score (nSPS) is 12.5. The van der Waals surface area contributed by atoms with E-state index in [1.54, 1.807) is 19.1 Å². The lowest BCUT2D eigenvalue weighted by molar-refractivity contribution is 0.154. The Labute approximate surface area is 102 Å². The lowest BCUT2D eigenvalue weighted by Crippen LogP contribution is -2.22. The molecule has 0 aliphatic carbocycles. The van der Waals surface area contributed by atoms with Crippen LogP contribution < -0.4 is 4.90 Å². The molecule has 17 heavy (non-hydrogen) atoms. The van der Waals surface area contributed by atoms with Gasteiger partial charge < -0.3 is 19.8 Å². The average molecular weight is 239 g/mol. The van der Waals surface area contributed by atoms with Gasteiger partial charge in [-0.2, -0.15) is 0 Å². The fraction of sp³-hybridized carbons (Fsp3) is 0.538. The van der Waals surface area contributed by atoms with Crippen LogP contribution >= 0.6 is 0 Å². The molecule has 0 spiro atoms. The molecule has 0 aliphatic rings. The van der Waals surface area contributed by atoms with Crippen LogP contribution in [0.15, 0.2) is 18.2 Å². The van der Waals surface area contributed by atoms with Gasteiger partial charge in [0, 0.05) is 37.5 Å². The maximum absolute atomic E-state index is 9.76. The van der Waals surface area contributed by atoms with Gasteiger partial charge in [-0.15, -0.1) is 0 Å². The van der Waals surface area contributed by atoms with Crippen LogP contribution in [-0.2, 0) is 4.74 Å². The molecule has 0 saturated carbocycles. The molecule has 4 nitrogen and oxygen atoms in total. The minimum Gasteiger partial charge on any atom is -0.507 e. The molecule has 0 amide bonds. The van der Waals surface area contributed by atoms with E-state index in [4.69, 9.17) is 4.74 Å². The van der Waals surface area contributed by atoms with Gasteiger partial charge in [0.25, 0.3) is 0 Å². The molecule has 2 N–H and O–H groups in total. The largest absolute Gasteiger partial charge is 0.507 e. The molecule has 1 rings (SSSR count). The molecule has 1 unspecified atom stereocenters. The van der Waals surface area contributed by atoms with Crippen LogP contribution in [0, 0.1) is 0 Å². The van der Waals surface area contributed by atoms with Crippen molar-refractivity contribution in [1.29, 1.82) is 0 Å². The van der Waals surface area contributed by atoms with Crippen molar-refractivity contribution >= 4 is 5.69 Å². The standard InChI is InChI=1S/C13H21NO3/c1-4-17-8-7-14(3)11-5-6-12(10(2)15)13(16)9-11/h5-6,9-10,15-16H,4,7-8H2,1-3H3. The van der Waals surface area contributed by atoms with Crippen LogP contribution in [0.1, 0.15) is 25.5 Å². The van der Waals surface area contributed by atoms with E-state index in [2.05, 4.69) is 0 Å². The number of hydrogen-bond acceptors (Lipinski definition) is 4. The van der Waals surface area contributed by atoms with E-state index in [-0.39, 0.29) is 5.75 Å². The second-order valence-corrected chi connectivity index (χ2v) is 4.04. The van der Waals surface area contributed by atoms with Gasteiger partial charge in [0.1, 0.15) is 5.75 Å². The minimum absolute atomic E-state index is 0.126. The number of ether oxygens (including phenoxy) is 1. The number of rotatable bonds is 6. The highest BCUT2D eigenvalue weighted by Crippen LogP contribution is 2.28. The molecule has 4 heteroatoms. The van der Waals surface area contributed by atoms with Gasteiger partial charge in [-0.25, -0.2) is 0 Å². The highest BCUT2D eigenvalue weighted by Gasteiger charge is 2.09. The van der Waals surface area contributed by atoms with Gasteiger partial charge in [0.2, 0.25) is 0 Å². The first-order valence-corrected chi connectivity index (χ1v) is 5.86. The number of phenols is 1. The second kappa shape index (κ2) is 6.47. The Morgan fingerprint density at radius 1 is 1.41 bits per heavy atom. The molecule has 0 aromatic heterocycles. The topological polar surface area (TPSA) is 52.9 Å². The van der Waals surface area contributed by atoms with Crippen molar-refractivity contribution in [2.75, 3.05) is 31.7 Å². The summed E-state index contributed by atoms with van der Waals surface area (Å²) in [4.78, 5) is 2.00. The smallest absolute Gasteiger partial charge is 0.123 e. The molecular formula is C13H21NO3. The first-order valence-electron chi connectivity index (χ1n) is 5.86. The Morgan fingerprint density at radius 3 is 2.65 bits per heavy atom. The zero-order valence-corrected chi connectivity index (χ0v) is 10.7. The van der Waals surface area contributed by atoms with Gasteiger partial charge in [-0.1, -0.05) is 6.07 Å². The van der Waals surface area contributed by atoms with Crippen molar-refractivity contribution in [3.63, 3.8) is 0 Å². The van der Waals surface area contributed by atoms with Crippen molar-refractivity contribution in [2.24, 2.45) is 0 Å². The Kier molecular flexibility index (Phi) is 5.25. The summed E-state index contributed by atoms with van der Waals surface area (Å²) in [6.45, 7) is 5.73. The van der Waals surface area contributed by atoms with Gasteiger partial charge in [-0.3, -0.25) is 0 Å². The van der Waals surface area contributed by atoms with Gasteiger partial charge in [0.05, 0.1) is 12.7 Å². The van der Waals surface area contributed by atoms with E-state index in [1.807, 2.05) is 24.9 Å². The van der Waals surface area contributed by atoms with E-state index >= 15 is 0 Å². The van der Waals surface area contributed by atoms with Crippen LogP contribution in [0.2, 0.25) is 0 Å². The molecule has 0 heterocycles. The fourth-order valence-electron chi connectivity index (χ4n) is 1.60. The van der Waals surface area contributed by atoms with Gasteiger partial charge in [-0.05, 0) is 19.9 Å². The molecule has 0 saturated heterocycles.